The van der Waals surface area contributed by atoms with Gasteiger partial charge in [-0.3, -0.25) is 0 Å². The minimum atomic E-state index is 0.205. The highest BCUT2D eigenvalue weighted by Crippen LogP contribution is 2.63. The van der Waals surface area contributed by atoms with Crippen LogP contribution < -0.4 is 4.74 Å². The van der Waals surface area contributed by atoms with Crippen LogP contribution in [-0.4, -0.2) is 65.4 Å². The van der Waals surface area contributed by atoms with Crippen molar-refractivity contribution in [2.45, 2.75) is 99.6 Å². The number of fused-ring (bicyclic) bond motifs is 1. The fraction of sp³-hybridized carbons (Fsp3) is 0.647. The minimum Gasteiger partial charge on any atom is -0.508 e. The minimum absolute atomic E-state index is 0.205. The molecule has 4 aliphatic carbocycles. The Balaban J connectivity index is 0.000000121. The van der Waals surface area contributed by atoms with Gasteiger partial charge in [0.2, 0.25) is 0 Å². The van der Waals surface area contributed by atoms with Crippen LogP contribution in [0.2, 0.25) is 0 Å². The fourth-order valence-corrected chi connectivity index (χ4v) is 10.9. The number of phenolic OH excluding ortho intramolecular Hbond substituents is 2. The van der Waals surface area contributed by atoms with Crippen molar-refractivity contribution in [3.05, 3.63) is 52.6 Å². The van der Waals surface area contributed by atoms with Gasteiger partial charge in [0, 0.05) is 28.5 Å². The average molecular weight is 529 g/mol. The molecule has 2 saturated heterocycles. The van der Waals surface area contributed by atoms with Gasteiger partial charge in [0.1, 0.15) is 11.9 Å². The van der Waals surface area contributed by atoms with Crippen molar-refractivity contribution in [3.8, 4) is 17.2 Å². The molecule has 2 N–H and O–H groups in total. The maximum absolute atomic E-state index is 10.2. The monoisotopic (exact) mass is 528 g/mol. The van der Waals surface area contributed by atoms with Crippen molar-refractivity contribution >= 4 is 0 Å². The van der Waals surface area contributed by atoms with E-state index in [1.807, 2.05) is 12.1 Å². The zero-order chi connectivity index (χ0) is 26.5. The number of ether oxygens (including phenoxy) is 1. The third-order valence-corrected chi connectivity index (χ3v) is 12.6. The lowest BCUT2D eigenvalue weighted by Gasteiger charge is -2.58. The Morgan fingerprint density at radius 2 is 1.54 bits per heavy atom. The summed E-state index contributed by atoms with van der Waals surface area (Å²) in [5.41, 5.74) is 6.37. The summed E-state index contributed by atoms with van der Waals surface area (Å²) in [6, 6.07) is 11.5. The van der Waals surface area contributed by atoms with E-state index in [2.05, 4.69) is 42.1 Å². The molecule has 7 aliphatic rings. The standard InChI is InChI=1S/C17H21NO2.C17H23NO/c1-18-8-7-17-11-3-2-4-14(17)20-16-13(19)6-5-10(15(16)17)9-12(11)18;1-18-9-8-17-7-3-2-4-14(17)16(18)10-12-5-6-13(19)11-15(12)17/h5-6,11-12,14,19H,2-4,7-9H2,1H3;5-6,11,14,16,19H,2-4,7-10H2,1H3. The Hall–Kier alpha value is -2.24. The van der Waals surface area contributed by atoms with E-state index < -0.39 is 0 Å². The molecular weight excluding hydrogens is 484 g/mol. The highest BCUT2D eigenvalue weighted by Gasteiger charge is 2.63. The van der Waals surface area contributed by atoms with Crippen LogP contribution >= 0.6 is 0 Å². The number of benzene rings is 2. The second-order valence-electron chi connectivity index (χ2n) is 14.0. The van der Waals surface area contributed by atoms with Crippen LogP contribution in [0.4, 0.5) is 0 Å². The van der Waals surface area contributed by atoms with Crippen molar-refractivity contribution in [3.63, 3.8) is 0 Å². The van der Waals surface area contributed by atoms with Crippen LogP contribution in [0.3, 0.4) is 0 Å². The first-order valence-electron chi connectivity index (χ1n) is 15.7. The number of phenols is 2. The largest absolute Gasteiger partial charge is 0.508 e. The lowest BCUT2D eigenvalue weighted by molar-refractivity contribution is -0.0426. The topological polar surface area (TPSA) is 56.2 Å². The van der Waals surface area contributed by atoms with Gasteiger partial charge in [-0.1, -0.05) is 25.0 Å². The van der Waals surface area contributed by atoms with E-state index >= 15 is 0 Å². The molecule has 39 heavy (non-hydrogen) atoms. The summed E-state index contributed by atoms with van der Waals surface area (Å²) < 4.78 is 6.28. The predicted molar refractivity (Wildman–Crippen MR) is 153 cm³/mol. The quantitative estimate of drug-likeness (QED) is 0.471. The second kappa shape index (κ2) is 8.63. The fourth-order valence-electron chi connectivity index (χ4n) is 10.9. The third kappa shape index (κ3) is 3.26. The lowest BCUT2D eigenvalue weighted by Crippen LogP contribution is -2.63. The van der Waals surface area contributed by atoms with E-state index in [1.54, 1.807) is 0 Å². The molecule has 4 fully saturated rings. The molecule has 0 aromatic heterocycles. The first-order chi connectivity index (χ1) is 18.9. The number of aromatic hydroxyl groups is 2. The lowest BCUT2D eigenvalue weighted by atomic mass is 9.52. The zero-order valence-corrected chi connectivity index (χ0v) is 23.7. The molecule has 7 atom stereocenters. The van der Waals surface area contributed by atoms with E-state index in [0.717, 1.165) is 43.0 Å². The molecule has 3 aliphatic heterocycles. The molecule has 2 aromatic rings. The smallest absolute Gasteiger partial charge is 0.165 e. The molecule has 9 rings (SSSR count). The molecule has 2 saturated carbocycles. The van der Waals surface area contributed by atoms with Gasteiger partial charge in [-0.15, -0.1) is 0 Å². The van der Waals surface area contributed by atoms with Crippen LogP contribution in [0.5, 0.6) is 17.2 Å². The molecular formula is C34H44N2O3. The predicted octanol–water partition coefficient (Wildman–Crippen LogP) is 5.53. The third-order valence-electron chi connectivity index (χ3n) is 12.6. The molecule has 3 heterocycles. The summed E-state index contributed by atoms with van der Waals surface area (Å²) in [6.45, 7) is 2.38. The van der Waals surface area contributed by atoms with Gasteiger partial charge in [-0.05, 0) is 132 Å². The first kappa shape index (κ1) is 24.5. The number of rotatable bonds is 0. The number of likely N-dealkylation sites (N-methyl/N-ethyl adjacent to an activating group) is 2. The Labute approximate surface area is 233 Å². The van der Waals surface area contributed by atoms with Gasteiger partial charge < -0.3 is 24.7 Å². The van der Waals surface area contributed by atoms with Gasteiger partial charge in [-0.2, -0.15) is 0 Å². The average Bonchev–Trinajstić information content (AvgIpc) is 3.30. The van der Waals surface area contributed by atoms with Crippen molar-refractivity contribution < 1.29 is 14.9 Å². The molecule has 7 unspecified atom stereocenters. The molecule has 5 heteroatoms. The summed E-state index contributed by atoms with van der Waals surface area (Å²) in [5, 5.41) is 20.1. The molecule has 5 nitrogen and oxygen atoms in total. The van der Waals surface area contributed by atoms with Gasteiger partial charge in [0.15, 0.2) is 11.5 Å². The highest BCUT2D eigenvalue weighted by molar-refractivity contribution is 5.60. The Kier molecular flexibility index (Phi) is 5.43. The van der Waals surface area contributed by atoms with E-state index in [-0.39, 0.29) is 5.41 Å². The van der Waals surface area contributed by atoms with Crippen molar-refractivity contribution in [1.29, 1.82) is 0 Å². The maximum Gasteiger partial charge on any atom is 0.165 e. The summed E-state index contributed by atoms with van der Waals surface area (Å²) in [5.74, 6) is 3.16. The van der Waals surface area contributed by atoms with Crippen LogP contribution in [0.25, 0.3) is 0 Å². The Morgan fingerprint density at radius 3 is 2.41 bits per heavy atom. The number of hydrogen-bond donors (Lipinski definition) is 2. The highest BCUT2D eigenvalue weighted by atomic mass is 16.5. The van der Waals surface area contributed by atoms with E-state index in [9.17, 15) is 10.2 Å². The summed E-state index contributed by atoms with van der Waals surface area (Å²) in [6.07, 6.45) is 14.3. The van der Waals surface area contributed by atoms with E-state index in [0.29, 0.717) is 29.1 Å². The molecule has 0 amide bonds. The van der Waals surface area contributed by atoms with Gasteiger partial charge in [0.25, 0.3) is 0 Å². The molecule has 2 aromatic carbocycles. The maximum atomic E-state index is 10.2. The molecule has 0 radical (unpaired) electrons. The van der Waals surface area contributed by atoms with Crippen LogP contribution in [0, 0.1) is 11.8 Å². The SMILES string of the molecule is CN1CCC23CCCCC2C1Cc1ccc(O)cc13.CN1CCC23c4c5ccc(O)c4OC2CCCC3C1C5. The van der Waals surface area contributed by atoms with Crippen LogP contribution in [0.1, 0.15) is 80.0 Å². The number of hydrogen-bond acceptors (Lipinski definition) is 5. The Morgan fingerprint density at radius 1 is 0.795 bits per heavy atom. The van der Waals surface area contributed by atoms with Crippen molar-refractivity contribution in [2.24, 2.45) is 11.8 Å². The molecule has 4 bridgehead atoms. The summed E-state index contributed by atoms with van der Waals surface area (Å²) >= 11 is 0. The zero-order valence-electron chi connectivity index (χ0n) is 23.7. The van der Waals surface area contributed by atoms with Crippen molar-refractivity contribution in [2.75, 3.05) is 27.2 Å². The van der Waals surface area contributed by atoms with Gasteiger partial charge in [0.05, 0.1) is 0 Å². The number of likely N-dealkylation sites (tertiary alicyclic amines) is 2. The van der Waals surface area contributed by atoms with Crippen LogP contribution in [0.15, 0.2) is 30.3 Å². The van der Waals surface area contributed by atoms with Crippen molar-refractivity contribution in [1.82, 2.24) is 9.80 Å². The van der Waals surface area contributed by atoms with E-state index in [4.69, 9.17) is 4.74 Å². The second-order valence-corrected chi connectivity index (χ2v) is 14.0. The number of nitrogens with zero attached hydrogens (tertiary/aromatic N) is 2. The summed E-state index contributed by atoms with van der Waals surface area (Å²) in [4.78, 5) is 5.15. The normalized spacial score (nSPS) is 39.4. The number of piperidine rings is 2. The Bertz CT molecular complexity index is 1310. The molecule has 1 spiro atoms. The summed E-state index contributed by atoms with van der Waals surface area (Å²) in [7, 11) is 4.58. The van der Waals surface area contributed by atoms with Gasteiger partial charge in [-0.25, -0.2) is 0 Å². The van der Waals surface area contributed by atoms with Crippen LogP contribution in [-0.2, 0) is 23.7 Å². The van der Waals surface area contributed by atoms with Gasteiger partial charge >= 0.3 is 0 Å². The molecule has 208 valence electrons. The van der Waals surface area contributed by atoms with E-state index in [1.165, 1.54) is 86.6 Å². The first-order valence-corrected chi connectivity index (χ1v) is 15.7.